The molecule has 1 aliphatic heterocycles. The highest BCUT2D eigenvalue weighted by Crippen LogP contribution is 2.11. The quantitative estimate of drug-likeness (QED) is 0.858. The maximum atomic E-state index is 12.5. The first-order valence-electron chi connectivity index (χ1n) is 8.35. The van der Waals surface area contributed by atoms with Crippen molar-refractivity contribution in [3.63, 3.8) is 0 Å². The highest BCUT2D eigenvalue weighted by atomic mass is 16.3. The number of aryl methyl sites for hydroxylation is 1. The zero-order valence-corrected chi connectivity index (χ0v) is 14.0. The molecule has 25 heavy (non-hydrogen) atoms. The fourth-order valence-corrected chi connectivity index (χ4v) is 2.94. The number of β-amino-alcohol motifs (C(OH)–C–C–N with tert-alkyl or cyclic N) is 1. The predicted molar refractivity (Wildman–Crippen MR) is 91.3 cm³/mol. The molecule has 7 nitrogen and oxygen atoms in total. The van der Waals surface area contributed by atoms with Gasteiger partial charge in [0.25, 0.3) is 0 Å². The molecule has 1 saturated heterocycles. The molecule has 0 aliphatic carbocycles. The second-order valence-corrected chi connectivity index (χ2v) is 6.24. The molecule has 3 rings (SSSR count). The van der Waals surface area contributed by atoms with Crippen molar-refractivity contribution in [2.75, 3.05) is 19.6 Å². The number of benzene rings is 1. The molecule has 2 aromatic rings. The van der Waals surface area contributed by atoms with Gasteiger partial charge >= 0.3 is 0 Å². The van der Waals surface area contributed by atoms with Crippen LogP contribution in [0.3, 0.4) is 0 Å². The van der Waals surface area contributed by atoms with Crippen molar-refractivity contribution in [2.45, 2.75) is 25.6 Å². The third-order valence-corrected chi connectivity index (χ3v) is 4.25. The number of carbonyl (C=O) groups excluding carboxylic acids is 2. The Bertz CT molecular complexity index is 702. The van der Waals surface area contributed by atoms with Crippen LogP contribution in [0.5, 0.6) is 0 Å². The normalized spacial score (nSPS) is 18.3. The number of aromatic nitrogens is 2. The van der Waals surface area contributed by atoms with Gasteiger partial charge in [-0.1, -0.05) is 30.3 Å². The standard InChI is InChI=1S/C18H22N4O3/c23-16-11-21(10-15-4-2-1-3-5-15)18(25)13-22(12-16)17(24)6-8-20-9-7-19-14-20/h1-5,7,9,14,16,23H,6,8,10-13H2. The van der Waals surface area contributed by atoms with Crippen molar-refractivity contribution in [3.8, 4) is 0 Å². The SMILES string of the molecule is O=C(CCn1ccnc1)N1CC(=O)N(Cc2ccccc2)CC(O)C1. The van der Waals surface area contributed by atoms with Crippen LogP contribution in [0.4, 0.5) is 0 Å². The van der Waals surface area contributed by atoms with Gasteiger partial charge < -0.3 is 19.5 Å². The van der Waals surface area contributed by atoms with E-state index in [9.17, 15) is 14.7 Å². The van der Waals surface area contributed by atoms with Gasteiger partial charge in [-0.3, -0.25) is 9.59 Å². The van der Waals surface area contributed by atoms with Crippen molar-refractivity contribution in [1.82, 2.24) is 19.4 Å². The van der Waals surface area contributed by atoms with Crippen molar-refractivity contribution >= 4 is 11.8 Å². The Labute approximate surface area is 146 Å². The van der Waals surface area contributed by atoms with E-state index in [-0.39, 0.29) is 37.9 Å². The minimum absolute atomic E-state index is 0.00660. The second kappa shape index (κ2) is 7.94. The molecule has 1 atom stereocenters. The summed E-state index contributed by atoms with van der Waals surface area (Å²) < 4.78 is 1.82. The Morgan fingerprint density at radius 1 is 1.24 bits per heavy atom. The van der Waals surface area contributed by atoms with Crippen LogP contribution >= 0.6 is 0 Å². The van der Waals surface area contributed by atoms with E-state index in [1.165, 1.54) is 4.90 Å². The fraction of sp³-hybridized carbons (Fsp3) is 0.389. The minimum Gasteiger partial charge on any atom is -0.389 e. The third kappa shape index (κ3) is 4.67. The average molecular weight is 342 g/mol. The lowest BCUT2D eigenvalue weighted by molar-refractivity contribution is -0.139. The molecule has 132 valence electrons. The number of imidazole rings is 1. The monoisotopic (exact) mass is 342 g/mol. The first kappa shape index (κ1) is 17.2. The summed E-state index contributed by atoms with van der Waals surface area (Å²) in [6, 6.07) is 9.64. The van der Waals surface area contributed by atoms with Gasteiger partial charge in [0.2, 0.25) is 11.8 Å². The summed E-state index contributed by atoms with van der Waals surface area (Å²) in [7, 11) is 0. The first-order chi connectivity index (χ1) is 12.1. The number of hydrogen-bond donors (Lipinski definition) is 1. The minimum atomic E-state index is -0.743. The molecule has 2 amide bonds. The van der Waals surface area contributed by atoms with Crippen LogP contribution in [0.25, 0.3) is 0 Å². The van der Waals surface area contributed by atoms with E-state index in [1.54, 1.807) is 23.6 Å². The lowest BCUT2D eigenvalue weighted by Crippen LogP contribution is -2.39. The highest BCUT2D eigenvalue weighted by molar-refractivity contribution is 5.85. The van der Waals surface area contributed by atoms with Crippen molar-refractivity contribution in [1.29, 1.82) is 0 Å². The molecule has 2 heterocycles. The van der Waals surface area contributed by atoms with Crippen LogP contribution in [0.2, 0.25) is 0 Å². The van der Waals surface area contributed by atoms with Crippen LogP contribution in [-0.2, 0) is 22.7 Å². The van der Waals surface area contributed by atoms with Gasteiger partial charge in [-0.25, -0.2) is 4.98 Å². The van der Waals surface area contributed by atoms with E-state index < -0.39 is 6.10 Å². The molecule has 7 heteroatoms. The molecule has 1 fully saturated rings. The zero-order chi connectivity index (χ0) is 17.6. The van der Waals surface area contributed by atoms with Gasteiger partial charge in [-0.15, -0.1) is 0 Å². The van der Waals surface area contributed by atoms with Gasteiger partial charge in [-0.05, 0) is 5.56 Å². The number of aliphatic hydroxyl groups is 1. The second-order valence-electron chi connectivity index (χ2n) is 6.24. The predicted octanol–water partition coefficient (Wildman–Crippen LogP) is 0.505. The first-order valence-corrected chi connectivity index (χ1v) is 8.35. The van der Waals surface area contributed by atoms with Crippen LogP contribution in [0.15, 0.2) is 49.1 Å². The van der Waals surface area contributed by atoms with E-state index in [2.05, 4.69) is 4.98 Å². The summed E-state index contributed by atoms with van der Waals surface area (Å²) >= 11 is 0. The Morgan fingerprint density at radius 2 is 2.04 bits per heavy atom. The van der Waals surface area contributed by atoms with Crippen molar-refractivity contribution in [3.05, 3.63) is 54.6 Å². The molecule has 1 aromatic heterocycles. The largest absolute Gasteiger partial charge is 0.389 e. The number of rotatable bonds is 5. The Kier molecular flexibility index (Phi) is 5.45. The summed E-state index contributed by atoms with van der Waals surface area (Å²) in [5.74, 6) is -0.279. The highest BCUT2D eigenvalue weighted by Gasteiger charge is 2.29. The Balaban J connectivity index is 1.60. The van der Waals surface area contributed by atoms with E-state index in [0.717, 1.165) is 5.56 Å². The van der Waals surface area contributed by atoms with Crippen LogP contribution in [-0.4, -0.2) is 62.0 Å². The van der Waals surface area contributed by atoms with Crippen LogP contribution in [0, 0.1) is 0 Å². The fourth-order valence-electron chi connectivity index (χ4n) is 2.94. The molecule has 1 aliphatic rings. The van der Waals surface area contributed by atoms with E-state index >= 15 is 0 Å². The molecule has 0 radical (unpaired) electrons. The number of carbonyl (C=O) groups is 2. The lowest BCUT2D eigenvalue weighted by Gasteiger charge is -2.22. The Morgan fingerprint density at radius 3 is 2.76 bits per heavy atom. The lowest BCUT2D eigenvalue weighted by atomic mass is 10.2. The molecule has 0 saturated carbocycles. The number of amides is 2. The molecule has 1 N–H and O–H groups in total. The maximum absolute atomic E-state index is 12.5. The van der Waals surface area contributed by atoms with Gasteiger partial charge in [-0.2, -0.15) is 0 Å². The van der Waals surface area contributed by atoms with Crippen LogP contribution in [0.1, 0.15) is 12.0 Å². The summed E-state index contributed by atoms with van der Waals surface area (Å²) in [5.41, 5.74) is 1.00. The summed E-state index contributed by atoms with van der Waals surface area (Å²) in [6.45, 7) is 1.37. The molecule has 0 bridgehead atoms. The average Bonchev–Trinajstić information content (AvgIpc) is 3.08. The molecule has 1 aromatic carbocycles. The van der Waals surface area contributed by atoms with Crippen LogP contribution < -0.4 is 0 Å². The molecular weight excluding hydrogens is 320 g/mol. The van der Waals surface area contributed by atoms with Gasteiger partial charge in [0.1, 0.15) is 0 Å². The number of nitrogens with zero attached hydrogens (tertiary/aromatic N) is 4. The van der Waals surface area contributed by atoms with Crippen molar-refractivity contribution in [2.24, 2.45) is 0 Å². The van der Waals surface area contributed by atoms with Gasteiger partial charge in [0, 0.05) is 45.0 Å². The van der Waals surface area contributed by atoms with Gasteiger partial charge in [0.05, 0.1) is 19.0 Å². The van der Waals surface area contributed by atoms with E-state index in [1.807, 2.05) is 34.9 Å². The smallest absolute Gasteiger partial charge is 0.242 e. The topological polar surface area (TPSA) is 78.7 Å². The summed E-state index contributed by atoms with van der Waals surface area (Å²) in [6.07, 6.45) is 4.63. The third-order valence-electron chi connectivity index (χ3n) is 4.25. The number of aliphatic hydroxyl groups excluding tert-OH is 1. The molecule has 1 unspecified atom stereocenters. The van der Waals surface area contributed by atoms with E-state index in [0.29, 0.717) is 13.1 Å². The van der Waals surface area contributed by atoms with E-state index in [4.69, 9.17) is 0 Å². The zero-order valence-electron chi connectivity index (χ0n) is 14.0. The maximum Gasteiger partial charge on any atom is 0.242 e. The molecular formula is C18H22N4O3. The molecule has 0 spiro atoms. The summed E-state index contributed by atoms with van der Waals surface area (Å²) in [5, 5.41) is 10.2. The summed E-state index contributed by atoms with van der Waals surface area (Å²) in [4.78, 5) is 31.9. The Hall–Kier alpha value is -2.67. The van der Waals surface area contributed by atoms with Gasteiger partial charge in [0.15, 0.2) is 0 Å². The van der Waals surface area contributed by atoms with Crippen molar-refractivity contribution < 1.29 is 14.7 Å². The number of hydrogen-bond acceptors (Lipinski definition) is 4.